The van der Waals surface area contributed by atoms with Crippen molar-refractivity contribution in [1.82, 2.24) is 15.0 Å². The van der Waals surface area contributed by atoms with Crippen LogP contribution >= 0.6 is 15.9 Å². The Morgan fingerprint density at radius 1 is 1.30 bits per heavy atom. The Bertz CT molecular complexity index is 724. The van der Waals surface area contributed by atoms with E-state index in [1.165, 1.54) is 23.0 Å². The third-order valence-electron chi connectivity index (χ3n) is 2.52. The first kappa shape index (κ1) is 14.7. The molecule has 1 heterocycles. The molecule has 0 unspecified atom stereocenters. The highest BCUT2D eigenvalue weighted by Crippen LogP contribution is 2.16. The second kappa shape index (κ2) is 5.71. The predicted octanol–water partition coefficient (Wildman–Crippen LogP) is 1.21. The first-order chi connectivity index (χ1) is 9.38. The number of nitrogens with zero attached hydrogens (tertiary/aromatic N) is 3. The van der Waals surface area contributed by atoms with Crippen LogP contribution in [0.2, 0.25) is 0 Å². The van der Waals surface area contributed by atoms with E-state index in [1.807, 2.05) is 0 Å². The highest BCUT2D eigenvalue weighted by Gasteiger charge is 2.15. The number of aryl methyl sites for hydroxylation is 1. The van der Waals surface area contributed by atoms with Gasteiger partial charge in [-0.05, 0) is 24.3 Å². The van der Waals surface area contributed by atoms with Crippen LogP contribution in [0.25, 0.3) is 0 Å². The maximum Gasteiger partial charge on any atom is 0.358 e. The molecule has 2 aromatic rings. The number of aromatic nitrogens is 3. The van der Waals surface area contributed by atoms with Gasteiger partial charge in [0.1, 0.15) is 0 Å². The Hall–Kier alpha value is -1.74. The maximum absolute atomic E-state index is 12.1. The van der Waals surface area contributed by atoms with Gasteiger partial charge in [-0.3, -0.25) is 4.68 Å². The summed E-state index contributed by atoms with van der Waals surface area (Å²) in [6.45, 7) is 0.0404. The van der Waals surface area contributed by atoms with Crippen molar-refractivity contribution in [1.29, 1.82) is 0 Å². The van der Waals surface area contributed by atoms with E-state index in [-0.39, 0.29) is 22.9 Å². The van der Waals surface area contributed by atoms with Crippen molar-refractivity contribution in [2.45, 2.75) is 11.4 Å². The lowest BCUT2D eigenvalue weighted by atomic mass is 10.4. The number of halogens is 1. The summed E-state index contributed by atoms with van der Waals surface area (Å²) in [4.78, 5) is 10.8. The van der Waals surface area contributed by atoms with Crippen LogP contribution in [-0.4, -0.2) is 40.2 Å². The number of carbonyl (C=O) groups is 1. The highest BCUT2D eigenvalue weighted by atomic mass is 79.9. The van der Waals surface area contributed by atoms with Crippen LogP contribution in [0.5, 0.6) is 0 Å². The van der Waals surface area contributed by atoms with E-state index in [4.69, 9.17) is 5.11 Å². The van der Waals surface area contributed by atoms with Gasteiger partial charge in [0.2, 0.25) is 0 Å². The predicted molar refractivity (Wildman–Crippen MR) is 73.2 cm³/mol. The molecular formula is C11H10BrN3O4S. The number of benzene rings is 1. The van der Waals surface area contributed by atoms with Gasteiger partial charge in [0.25, 0.3) is 0 Å². The molecule has 0 fully saturated rings. The van der Waals surface area contributed by atoms with Crippen LogP contribution in [0.3, 0.4) is 0 Å². The summed E-state index contributed by atoms with van der Waals surface area (Å²) in [5.74, 6) is -1.39. The molecule has 0 aliphatic heterocycles. The van der Waals surface area contributed by atoms with Crippen molar-refractivity contribution >= 4 is 31.7 Å². The van der Waals surface area contributed by atoms with Crippen molar-refractivity contribution in [3.8, 4) is 0 Å². The van der Waals surface area contributed by atoms with Gasteiger partial charge in [0.15, 0.2) is 15.5 Å². The largest absolute Gasteiger partial charge is 0.476 e. The standard InChI is InChI=1S/C11H10BrN3O4S/c12-8-1-3-9(4-2-8)20(18,19)6-5-15-7-10(11(16)17)13-14-15/h1-4,7H,5-6H2,(H,16,17). The fourth-order valence-corrected chi connectivity index (χ4v) is 2.96. The zero-order chi connectivity index (χ0) is 14.8. The zero-order valence-electron chi connectivity index (χ0n) is 10.1. The lowest BCUT2D eigenvalue weighted by Gasteiger charge is -2.04. The summed E-state index contributed by atoms with van der Waals surface area (Å²) in [6.07, 6.45) is 1.19. The molecule has 0 amide bonds. The van der Waals surface area contributed by atoms with Crippen molar-refractivity contribution in [2.75, 3.05) is 5.75 Å². The molecule has 106 valence electrons. The summed E-state index contributed by atoms with van der Waals surface area (Å²) < 4.78 is 26.1. The van der Waals surface area contributed by atoms with Crippen molar-refractivity contribution < 1.29 is 18.3 Å². The molecule has 1 aromatic carbocycles. The quantitative estimate of drug-likeness (QED) is 0.860. The molecule has 0 saturated heterocycles. The van der Waals surface area contributed by atoms with Gasteiger partial charge in [-0.25, -0.2) is 13.2 Å². The third-order valence-corrected chi connectivity index (χ3v) is 4.76. The molecule has 0 aliphatic carbocycles. The summed E-state index contributed by atoms with van der Waals surface area (Å²) in [7, 11) is -3.44. The van der Waals surface area contributed by atoms with Crippen molar-refractivity contribution in [2.24, 2.45) is 0 Å². The van der Waals surface area contributed by atoms with Crippen molar-refractivity contribution in [3.05, 3.63) is 40.6 Å². The fraction of sp³-hybridized carbons (Fsp3) is 0.182. The van der Waals surface area contributed by atoms with E-state index in [0.717, 1.165) is 4.47 Å². The Morgan fingerprint density at radius 2 is 1.95 bits per heavy atom. The number of carboxylic acid groups (broad SMARTS) is 1. The summed E-state index contributed by atoms with van der Waals surface area (Å²) in [5, 5.41) is 15.7. The van der Waals surface area contributed by atoms with Gasteiger partial charge >= 0.3 is 5.97 Å². The van der Waals surface area contributed by atoms with Crippen LogP contribution in [0.15, 0.2) is 39.8 Å². The average molecular weight is 360 g/mol. The lowest BCUT2D eigenvalue weighted by molar-refractivity contribution is 0.0690. The number of aromatic carboxylic acids is 1. The Morgan fingerprint density at radius 3 is 2.50 bits per heavy atom. The minimum atomic E-state index is -3.44. The molecule has 0 aliphatic rings. The number of carboxylic acids is 1. The monoisotopic (exact) mass is 359 g/mol. The number of hydrogen-bond acceptors (Lipinski definition) is 5. The molecule has 20 heavy (non-hydrogen) atoms. The molecular weight excluding hydrogens is 350 g/mol. The van der Waals surface area contributed by atoms with Gasteiger partial charge in [0.05, 0.1) is 23.4 Å². The summed E-state index contributed by atoms with van der Waals surface area (Å²) in [5.41, 5.74) is -0.217. The van der Waals surface area contributed by atoms with Crippen molar-refractivity contribution in [3.63, 3.8) is 0 Å². The fourth-order valence-electron chi connectivity index (χ4n) is 1.48. The molecule has 0 bridgehead atoms. The van der Waals surface area contributed by atoms with Gasteiger partial charge < -0.3 is 5.11 Å². The maximum atomic E-state index is 12.1. The van der Waals surface area contributed by atoms with E-state index in [0.29, 0.717) is 0 Å². The second-order valence-electron chi connectivity index (χ2n) is 3.94. The molecule has 0 saturated carbocycles. The van der Waals surface area contributed by atoms with Gasteiger partial charge in [-0.15, -0.1) is 5.10 Å². The number of rotatable bonds is 5. The van der Waals surface area contributed by atoms with E-state index < -0.39 is 15.8 Å². The number of sulfone groups is 1. The minimum Gasteiger partial charge on any atom is -0.476 e. The number of hydrogen-bond donors (Lipinski definition) is 1. The SMILES string of the molecule is O=C(O)c1cn(CCS(=O)(=O)c2ccc(Br)cc2)nn1. The van der Waals surface area contributed by atoms with E-state index in [9.17, 15) is 13.2 Å². The second-order valence-corrected chi connectivity index (χ2v) is 6.97. The molecule has 1 aromatic heterocycles. The molecule has 0 atom stereocenters. The molecule has 0 spiro atoms. The zero-order valence-corrected chi connectivity index (χ0v) is 12.5. The summed E-state index contributed by atoms with van der Waals surface area (Å²) in [6, 6.07) is 6.29. The Labute approximate surface area is 123 Å². The van der Waals surface area contributed by atoms with Crippen LogP contribution in [0.4, 0.5) is 0 Å². The summed E-state index contributed by atoms with van der Waals surface area (Å²) >= 11 is 3.23. The van der Waals surface area contributed by atoms with Gasteiger partial charge in [-0.2, -0.15) is 0 Å². The Balaban J connectivity index is 2.08. The van der Waals surface area contributed by atoms with Gasteiger partial charge in [0, 0.05) is 4.47 Å². The highest BCUT2D eigenvalue weighted by molar-refractivity contribution is 9.10. The Kier molecular flexibility index (Phi) is 4.19. The average Bonchev–Trinajstić information content (AvgIpc) is 2.86. The first-order valence-electron chi connectivity index (χ1n) is 5.50. The topological polar surface area (TPSA) is 102 Å². The molecule has 2 rings (SSSR count). The van der Waals surface area contributed by atoms with Crippen LogP contribution in [-0.2, 0) is 16.4 Å². The minimum absolute atomic E-state index is 0.0404. The van der Waals surface area contributed by atoms with E-state index in [1.54, 1.807) is 12.1 Å². The lowest BCUT2D eigenvalue weighted by Crippen LogP contribution is -2.13. The first-order valence-corrected chi connectivity index (χ1v) is 7.95. The van der Waals surface area contributed by atoms with Crippen LogP contribution in [0, 0.1) is 0 Å². The van der Waals surface area contributed by atoms with Crippen LogP contribution < -0.4 is 0 Å². The van der Waals surface area contributed by atoms with E-state index in [2.05, 4.69) is 26.2 Å². The van der Waals surface area contributed by atoms with Gasteiger partial charge in [-0.1, -0.05) is 21.1 Å². The normalized spacial score (nSPS) is 11.4. The molecule has 9 heteroatoms. The third kappa shape index (κ3) is 3.42. The smallest absolute Gasteiger partial charge is 0.358 e. The molecule has 1 N–H and O–H groups in total. The van der Waals surface area contributed by atoms with E-state index >= 15 is 0 Å². The molecule has 7 nitrogen and oxygen atoms in total. The van der Waals surface area contributed by atoms with Crippen LogP contribution in [0.1, 0.15) is 10.5 Å². The molecule has 0 radical (unpaired) electrons.